The molecule has 0 spiro atoms. The summed E-state index contributed by atoms with van der Waals surface area (Å²) in [6, 6.07) is 0. The molecule has 0 atom stereocenters. The Bertz CT molecular complexity index is 173. The molecule has 0 aliphatic heterocycles. The first kappa shape index (κ1) is 12.7. The van der Waals surface area contributed by atoms with Crippen molar-refractivity contribution in [2.75, 3.05) is 26.3 Å². The van der Waals surface area contributed by atoms with E-state index in [2.05, 4.69) is 18.8 Å². The van der Waals surface area contributed by atoms with Crippen molar-refractivity contribution in [3.63, 3.8) is 0 Å². The monoisotopic (exact) mass is 211 g/mol. The van der Waals surface area contributed by atoms with Gasteiger partial charge in [0.1, 0.15) is 0 Å². The van der Waals surface area contributed by atoms with Crippen LogP contribution in [0.5, 0.6) is 0 Å². The van der Waals surface area contributed by atoms with Gasteiger partial charge in [-0.3, -0.25) is 0 Å². The van der Waals surface area contributed by atoms with E-state index in [4.69, 9.17) is 4.74 Å². The zero-order chi connectivity index (χ0) is 10.9. The van der Waals surface area contributed by atoms with Gasteiger partial charge in [-0.1, -0.05) is 26.3 Å². The fourth-order valence-electron chi connectivity index (χ4n) is 2.04. The van der Waals surface area contributed by atoms with Crippen LogP contribution in [0.2, 0.25) is 0 Å². The predicted octanol–water partition coefficient (Wildman–Crippen LogP) is 2.75. The minimum Gasteiger partial charge on any atom is -0.377 e. The van der Waals surface area contributed by atoms with E-state index in [1.807, 2.05) is 0 Å². The molecule has 0 saturated heterocycles. The molecule has 0 radical (unpaired) electrons. The summed E-state index contributed by atoms with van der Waals surface area (Å²) in [7, 11) is 0. The maximum atomic E-state index is 5.67. The van der Waals surface area contributed by atoms with Crippen molar-refractivity contribution >= 4 is 0 Å². The van der Waals surface area contributed by atoms with Crippen molar-refractivity contribution in [3.8, 4) is 0 Å². The zero-order valence-electron chi connectivity index (χ0n) is 10.1. The lowest BCUT2D eigenvalue weighted by atomic mass is 10.1. The lowest BCUT2D eigenvalue weighted by Crippen LogP contribution is -2.20. The van der Waals surface area contributed by atoms with Gasteiger partial charge >= 0.3 is 0 Å². The van der Waals surface area contributed by atoms with Gasteiger partial charge in [-0.2, -0.15) is 0 Å². The van der Waals surface area contributed by atoms with Gasteiger partial charge in [0.25, 0.3) is 0 Å². The summed E-state index contributed by atoms with van der Waals surface area (Å²) in [6.45, 7) is 9.82. The zero-order valence-corrected chi connectivity index (χ0v) is 10.1. The molecule has 0 unspecified atom stereocenters. The van der Waals surface area contributed by atoms with Crippen LogP contribution in [0.1, 0.15) is 39.0 Å². The van der Waals surface area contributed by atoms with Crippen LogP contribution >= 0.6 is 0 Å². The van der Waals surface area contributed by atoms with Gasteiger partial charge in [0.15, 0.2) is 0 Å². The Morgan fingerprint density at radius 3 is 2.80 bits per heavy atom. The quantitative estimate of drug-likeness (QED) is 0.492. The molecule has 1 aliphatic rings. The molecule has 15 heavy (non-hydrogen) atoms. The number of nitrogens with one attached hydrogen (secondary N) is 1. The molecule has 0 heterocycles. The van der Waals surface area contributed by atoms with Gasteiger partial charge < -0.3 is 10.1 Å². The summed E-state index contributed by atoms with van der Waals surface area (Å²) < 4.78 is 5.67. The average molecular weight is 211 g/mol. The van der Waals surface area contributed by atoms with Crippen LogP contribution in [0.15, 0.2) is 12.2 Å². The average Bonchev–Trinajstić information content (AvgIpc) is 2.71. The highest BCUT2D eigenvalue weighted by Gasteiger charge is 2.14. The molecule has 0 amide bonds. The Morgan fingerprint density at radius 2 is 2.13 bits per heavy atom. The van der Waals surface area contributed by atoms with Gasteiger partial charge in [0.05, 0.1) is 6.61 Å². The van der Waals surface area contributed by atoms with E-state index in [9.17, 15) is 0 Å². The molecule has 1 rings (SSSR count). The van der Waals surface area contributed by atoms with E-state index in [-0.39, 0.29) is 0 Å². The first-order chi connectivity index (χ1) is 7.33. The maximum absolute atomic E-state index is 5.67. The molecule has 1 saturated carbocycles. The van der Waals surface area contributed by atoms with Crippen LogP contribution in [-0.4, -0.2) is 26.3 Å². The topological polar surface area (TPSA) is 21.3 Å². The van der Waals surface area contributed by atoms with E-state index in [1.54, 1.807) is 0 Å². The van der Waals surface area contributed by atoms with Crippen molar-refractivity contribution in [2.45, 2.75) is 39.0 Å². The second kappa shape index (κ2) is 7.89. The first-order valence-electron chi connectivity index (χ1n) is 6.28. The van der Waals surface area contributed by atoms with Crippen molar-refractivity contribution in [3.05, 3.63) is 12.2 Å². The van der Waals surface area contributed by atoms with Crippen molar-refractivity contribution < 1.29 is 4.74 Å². The smallest absolute Gasteiger partial charge is 0.0686 e. The minimum absolute atomic E-state index is 0.729. The van der Waals surface area contributed by atoms with Crippen molar-refractivity contribution in [2.24, 2.45) is 5.92 Å². The van der Waals surface area contributed by atoms with Gasteiger partial charge in [0.2, 0.25) is 0 Å². The van der Waals surface area contributed by atoms with Crippen molar-refractivity contribution in [1.82, 2.24) is 5.32 Å². The number of hydrogen-bond acceptors (Lipinski definition) is 2. The normalized spacial score (nSPS) is 17.1. The third-order valence-corrected chi connectivity index (χ3v) is 2.94. The van der Waals surface area contributed by atoms with Gasteiger partial charge in [-0.05, 0) is 37.3 Å². The summed E-state index contributed by atoms with van der Waals surface area (Å²) in [4.78, 5) is 0. The van der Waals surface area contributed by atoms with Crippen LogP contribution in [0.25, 0.3) is 0 Å². The van der Waals surface area contributed by atoms with E-state index >= 15 is 0 Å². The summed E-state index contributed by atoms with van der Waals surface area (Å²) in [5.74, 6) is 0.821. The molecule has 1 fully saturated rings. The Balaban J connectivity index is 1.91. The molecule has 0 bridgehead atoms. The predicted molar refractivity (Wildman–Crippen MR) is 65.1 cm³/mol. The third-order valence-electron chi connectivity index (χ3n) is 2.94. The summed E-state index contributed by atoms with van der Waals surface area (Å²) in [5, 5.41) is 3.33. The minimum atomic E-state index is 0.729. The first-order valence-corrected chi connectivity index (χ1v) is 6.28. The Labute approximate surface area is 94.1 Å². The molecule has 0 aromatic rings. The molecule has 1 aliphatic carbocycles. The lowest BCUT2D eigenvalue weighted by Gasteiger charge is -2.11. The molecule has 0 aromatic carbocycles. The summed E-state index contributed by atoms with van der Waals surface area (Å²) in [6.07, 6.45) is 6.69. The number of hydrogen-bond donors (Lipinski definition) is 1. The highest BCUT2D eigenvalue weighted by atomic mass is 16.5. The largest absolute Gasteiger partial charge is 0.377 e. The van der Waals surface area contributed by atoms with E-state index < -0.39 is 0 Å². The molecule has 1 N–H and O–H groups in total. The molecule has 88 valence electrons. The number of ether oxygens (including phenoxy) is 1. The SMILES string of the molecule is C=C(CNCCC)COCC1CCCC1. The maximum Gasteiger partial charge on any atom is 0.0686 e. The number of rotatable bonds is 8. The second-order valence-electron chi connectivity index (χ2n) is 4.59. The molecule has 2 heteroatoms. The van der Waals surface area contributed by atoms with Gasteiger partial charge in [-0.15, -0.1) is 0 Å². The van der Waals surface area contributed by atoms with Crippen LogP contribution in [0.3, 0.4) is 0 Å². The van der Waals surface area contributed by atoms with Crippen LogP contribution in [0, 0.1) is 5.92 Å². The van der Waals surface area contributed by atoms with E-state index in [0.717, 1.165) is 32.2 Å². The summed E-state index contributed by atoms with van der Waals surface area (Å²) in [5.41, 5.74) is 1.17. The van der Waals surface area contributed by atoms with Crippen molar-refractivity contribution in [1.29, 1.82) is 0 Å². The fraction of sp³-hybridized carbons (Fsp3) is 0.846. The Kier molecular flexibility index (Phi) is 6.69. The summed E-state index contributed by atoms with van der Waals surface area (Å²) >= 11 is 0. The van der Waals surface area contributed by atoms with E-state index in [0.29, 0.717) is 0 Å². The third kappa shape index (κ3) is 5.95. The van der Waals surface area contributed by atoms with Crippen LogP contribution in [0.4, 0.5) is 0 Å². The molecular formula is C13H25NO. The lowest BCUT2D eigenvalue weighted by molar-refractivity contribution is 0.119. The standard InChI is InChI=1S/C13H25NO/c1-3-8-14-9-12(2)10-15-11-13-6-4-5-7-13/h13-14H,2-11H2,1H3. The molecule has 0 aromatic heterocycles. The highest BCUT2D eigenvalue weighted by molar-refractivity contribution is 4.96. The Hall–Kier alpha value is -0.340. The Morgan fingerprint density at radius 1 is 1.40 bits per heavy atom. The highest BCUT2D eigenvalue weighted by Crippen LogP contribution is 2.24. The van der Waals surface area contributed by atoms with Gasteiger partial charge in [0, 0.05) is 13.2 Å². The van der Waals surface area contributed by atoms with E-state index in [1.165, 1.54) is 37.7 Å². The fourth-order valence-corrected chi connectivity index (χ4v) is 2.04. The second-order valence-corrected chi connectivity index (χ2v) is 4.59. The molecule has 2 nitrogen and oxygen atoms in total. The van der Waals surface area contributed by atoms with Crippen LogP contribution in [-0.2, 0) is 4.74 Å². The van der Waals surface area contributed by atoms with Gasteiger partial charge in [-0.25, -0.2) is 0 Å². The molecular weight excluding hydrogens is 186 g/mol. The van der Waals surface area contributed by atoms with Crippen LogP contribution < -0.4 is 5.32 Å².